The zero-order valence-corrected chi connectivity index (χ0v) is 13.7. The molecule has 0 radical (unpaired) electrons. The molecule has 0 amide bonds. The molecule has 5 heteroatoms. The van der Waals surface area contributed by atoms with Gasteiger partial charge >= 0.3 is 0 Å². The number of ether oxygens (including phenoxy) is 2. The predicted molar refractivity (Wildman–Crippen MR) is 85.8 cm³/mol. The maximum Gasteiger partial charge on any atom is 0.124 e. The molecule has 1 N–H and O–H groups in total. The van der Waals surface area contributed by atoms with E-state index in [-0.39, 0.29) is 12.1 Å². The molecule has 0 bridgehead atoms. The van der Waals surface area contributed by atoms with Gasteiger partial charge in [0.2, 0.25) is 0 Å². The Hall–Kier alpha value is -1.43. The lowest BCUT2D eigenvalue weighted by atomic mass is 10.0. The highest BCUT2D eigenvalue weighted by molar-refractivity contribution is 7.09. The van der Waals surface area contributed by atoms with Gasteiger partial charge in [0.1, 0.15) is 10.8 Å². The first-order valence-corrected chi connectivity index (χ1v) is 7.84. The number of methoxy groups -OCH3 is 2. The first-order chi connectivity index (χ1) is 10.2. The van der Waals surface area contributed by atoms with Crippen LogP contribution in [0.3, 0.4) is 0 Å². The molecule has 0 spiro atoms. The predicted octanol–water partition coefficient (Wildman–Crippen LogP) is 3.71. The Morgan fingerprint density at radius 3 is 2.67 bits per heavy atom. The molecule has 4 nitrogen and oxygen atoms in total. The highest BCUT2D eigenvalue weighted by Gasteiger charge is 2.14. The van der Waals surface area contributed by atoms with Gasteiger partial charge in [-0.15, -0.1) is 11.3 Å². The Bertz CT molecular complexity index is 557. The minimum Gasteiger partial charge on any atom is -0.496 e. The molecule has 2 aromatic rings. The van der Waals surface area contributed by atoms with E-state index in [2.05, 4.69) is 36.3 Å². The van der Waals surface area contributed by atoms with Gasteiger partial charge in [-0.05, 0) is 31.5 Å². The summed E-state index contributed by atoms with van der Waals surface area (Å²) in [6, 6.07) is 6.67. The van der Waals surface area contributed by atoms with E-state index in [0.717, 1.165) is 16.3 Å². The van der Waals surface area contributed by atoms with E-state index in [1.54, 1.807) is 25.6 Å². The van der Waals surface area contributed by atoms with Crippen LogP contribution in [0.4, 0.5) is 0 Å². The zero-order chi connectivity index (χ0) is 15.2. The van der Waals surface area contributed by atoms with Crippen LogP contribution in [-0.2, 0) is 11.3 Å². The Balaban J connectivity index is 2.11. The lowest BCUT2D eigenvalue weighted by Gasteiger charge is -2.20. The summed E-state index contributed by atoms with van der Waals surface area (Å²) in [5, 5.41) is 6.68. The van der Waals surface area contributed by atoms with Crippen molar-refractivity contribution in [1.82, 2.24) is 10.3 Å². The van der Waals surface area contributed by atoms with Gasteiger partial charge in [0.05, 0.1) is 19.8 Å². The molecule has 2 atom stereocenters. The molecule has 0 aliphatic heterocycles. The molecular weight excluding hydrogens is 284 g/mol. The van der Waals surface area contributed by atoms with Crippen molar-refractivity contribution in [3.05, 3.63) is 45.9 Å². The Kier molecular flexibility index (Phi) is 5.73. The molecule has 1 aromatic heterocycles. The average molecular weight is 306 g/mol. The number of nitrogens with one attached hydrogen (secondary N) is 1. The van der Waals surface area contributed by atoms with E-state index in [4.69, 9.17) is 9.47 Å². The highest BCUT2D eigenvalue weighted by Crippen LogP contribution is 2.26. The Labute approximate surface area is 130 Å². The summed E-state index contributed by atoms with van der Waals surface area (Å²) in [6.07, 6.45) is 1.84. The number of nitrogens with zero attached hydrogens (tertiary/aromatic N) is 1. The standard InChI is InChI=1S/C16H22N2O2S/c1-11(18-12(2)16-17-7-8-21-16)13-5-6-15(20-4)14(9-13)10-19-3/h5-9,11-12,18H,10H2,1-4H3. The molecule has 2 rings (SSSR count). The van der Waals surface area contributed by atoms with Gasteiger partial charge in [-0.1, -0.05) is 6.07 Å². The number of benzene rings is 1. The van der Waals surface area contributed by atoms with Crippen molar-refractivity contribution in [2.75, 3.05) is 14.2 Å². The second-order valence-electron chi connectivity index (χ2n) is 4.98. The van der Waals surface area contributed by atoms with Crippen molar-refractivity contribution in [2.24, 2.45) is 0 Å². The van der Waals surface area contributed by atoms with Crippen LogP contribution in [0, 0.1) is 0 Å². The van der Waals surface area contributed by atoms with Gasteiger partial charge in [-0.25, -0.2) is 4.98 Å². The second kappa shape index (κ2) is 7.54. The third-order valence-electron chi connectivity index (χ3n) is 3.43. The van der Waals surface area contributed by atoms with E-state index in [9.17, 15) is 0 Å². The van der Waals surface area contributed by atoms with Gasteiger partial charge in [-0.3, -0.25) is 0 Å². The van der Waals surface area contributed by atoms with Gasteiger partial charge in [0, 0.05) is 30.3 Å². The molecule has 1 heterocycles. The maximum absolute atomic E-state index is 5.36. The van der Waals surface area contributed by atoms with E-state index in [0.29, 0.717) is 6.61 Å². The average Bonchev–Trinajstić information content (AvgIpc) is 3.01. The number of hydrogen-bond acceptors (Lipinski definition) is 5. The quantitative estimate of drug-likeness (QED) is 0.847. The molecular formula is C16H22N2O2S. The van der Waals surface area contributed by atoms with Gasteiger partial charge in [0.15, 0.2) is 0 Å². The van der Waals surface area contributed by atoms with Crippen LogP contribution in [0.1, 0.15) is 42.1 Å². The van der Waals surface area contributed by atoms with Crippen molar-refractivity contribution in [2.45, 2.75) is 32.5 Å². The first kappa shape index (κ1) is 15.9. The van der Waals surface area contributed by atoms with Crippen molar-refractivity contribution in [3.8, 4) is 5.75 Å². The van der Waals surface area contributed by atoms with Crippen LogP contribution in [0.25, 0.3) is 0 Å². The van der Waals surface area contributed by atoms with Crippen molar-refractivity contribution >= 4 is 11.3 Å². The molecule has 21 heavy (non-hydrogen) atoms. The van der Waals surface area contributed by atoms with E-state index >= 15 is 0 Å². The Morgan fingerprint density at radius 1 is 1.24 bits per heavy atom. The smallest absolute Gasteiger partial charge is 0.124 e. The summed E-state index contributed by atoms with van der Waals surface area (Å²) in [5.74, 6) is 0.862. The molecule has 0 aliphatic rings. The lowest BCUT2D eigenvalue weighted by Crippen LogP contribution is -2.22. The second-order valence-corrected chi connectivity index (χ2v) is 5.91. The van der Waals surface area contributed by atoms with Gasteiger partial charge in [0.25, 0.3) is 0 Å². The molecule has 114 valence electrons. The summed E-state index contributed by atoms with van der Waals surface area (Å²) in [7, 11) is 3.37. The molecule has 1 aromatic carbocycles. The molecule has 0 saturated carbocycles. The normalized spacial score (nSPS) is 13.9. The zero-order valence-electron chi connectivity index (χ0n) is 12.9. The third kappa shape index (κ3) is 4.03. The highest BCUT2D eigenvalue weighted by atomic mass is 32.1. The largest absolute Gasteiger partial charge is 0.496 e. The van der Waals surface area contributed by atoms with Crippen LogP contribution < -0.4 is 10.1 Å². The summed E-state index contributed by atoms with van der Waals surface area (Å²) in [4.78, 5) is 4.35. The number of hydrogen-bond donors (Lipinski definition) is 1. The number of rotatable bonds is 7. The third-order valence-corrected chi connectivity index (χ3v) is 4.38. The van der Waals surface area contributed by atoms with E-state index < -0.39 is 0 Å². The van der Waals surface area contributed by atoms with Crippen LogP contribution in [0.15, 0.2) is 29.8 Å². The van der Waals surface area contributed by atoms with Crippen molar-refractivity contribution in [3.63, 3.8) is 0 Å². The minimum atomic E-state index is 0.227. The summed E-state index contributed by atoms with van der Waals surface area (Å²) >= 11 is 1.67. The monoisotopic (exact) mass is 306 g/mol. The fraction of sp³-hybridized carbons (Fsp3) is 0.438. The molecule has 0 aliphatic carbocycles. The van der Waals surface area contributed by atoms with Crippen molar-refractivity contribution < 1.29 is 9.47 Å². The SMILES string of the molecule is COCc1cc(C(C)NC(C)c2nccs2)ccc1OC. The summed E-state index contributed by atoms with van der Waals surface area (Å²) in [6.45, 7) is 4.84. The van der Waals surface area contributed by atoms with Gasteiger partial charge in [-0.2, -0.15) is 0 Å². The van der Waals surface area contributed by atoms with Crippen LogP contribution in [0.2, 0.25) is 0 Å². The van der Waals surface area contributed by atoms with Crippen molar-refractivity contribution in [1.29, 1.82) is 0 Å². The maximum atomic E-state index is 5.36. The summed E-state index contributed by atoms with van der Waals surface area (Å²) < 4.78 is 10.6. The molecule has 2 unspecified atom stereocenters. The van der Waals surface area contributed by atoms with Gasteiger partial charge < -0.3 is 14.8 Å². The summed E-state index contributed by atoms with van der Waals surface area (Å²) in [5.41, 5.74) is 2.28. The molecule has 0 fully saturated rings. The Morgan fingerprint density at radius 2 is 2.05 bits per heavy atom. The lowest BCUT2D eigenvalue weighted by molar-refractivity contribution is 0.181. The van der Waals surface area contributed by atoms with E-state index in [1.807, 2.05) is 17.6 Å². The number of thiazole rings is 1. The fourth-order valence-corrected chi connectivity index (χ4v) is 2.98. The topological polar surface area (TPSA) is 43.4 Å². The van der Waals surface area contributed by atoms with Crippen LogP contribution in [-0.4, -0.2) is 19.2 Å². The molecule has 0 saturated heterocycles. The fourth-order valence-electron chi connectivity index (χ4n) is 2.33. The van der Waals surface area contributed by atoms with E-state index in [1.165, 1.54) is 5.56 Å². The van der Waals surface area contributed by atoms with Crippen LogP contribution >= 0.6 is 11.3 Å². The number of aromatic nitrogens is 1. The van der Waals surface area contributed by atoms with Crippen LogP contribution in [0.5, 0.6) is 5.75 Å². The first-order valence-electron chi connectivity index (χ1n) is 6.97. The minimum absolute atomic E-state index is 0.227.